The Labute approximate surface area is 136 Å². The molecule has 7 nitrogen and oxygen atoms in total. The van der Waals surface area contributed by atoms with E-state index in [1.54, 1.807) is 6.07 Å². The molecular formula is C15H15NO6S. The largest absolute Gasteiger partial charge is 0.466 e. The van der Waals surface area contributed by atoms with E-state index in [1.807, 2.05) is 18.2 Å². The molecule has 0 radical (unpaired) electrons. The van der Waals surface area contributed by atoms with Crippen molar-refractivity contribution in [2.45, 2.75) is 26.1 Å². The van der Waals surface area contributed by atoms with Crippen molar-refractivity contribution in [1.82, 2.24) is 4.98 Å². The number of ether oxygens (including phenoxy) is 3. The lowest BCUT2D eigenvalue weighted by Gasteiger charge is -2.22. The number of nitrogens with zero attached hydrogens (tertiary/aromatic N) is 1. The molecule has 0 aliphatic carbocycles. The first-order valence-electron chi connectivity index (χ1n) is 6.70. The summed E-state index contributed by atoms with van der Waals surface area (Å²) in [7, 11) is 1.15. The number of benzene rings is 1. The van der Waals surface area contributed by atoms with E-state index in [2.05, 4.69) is 9.72 Å². The van der Waals surface area contributed by atoms with E-state index in [0.29, 0.717) is 10.5 Å². The Kier molecular flexibility index (Phi) is 5.28. The second-order valence-corrected chi connectivity index (χ2v) is 5.67. The number of rotatable bonds is 5. The summed E-state index contributed by atoms with van der Waals surface area (Å²) < 4.78 is 15.7. The van der Waals surface area contributed by atoms with Crippen molar-refractivity contribution < 1.29 is 28.6 Å². The molecule has 0 aliphatic rings. The van der Waals surface area contributed by atoms with Crippen molar-refractivity contribution >= 4 is 39.5 Å². The van der Waals surface area contributed by atoms with Crippen molar-refractivity contribution in [2.75, 3.05) is 7.11 Å². The summed E-state index contributed by atoms with van der Waals surface area (Å²) in [6.07, 6.45) is -2.58. The van der Waals surface area contributed by atoms with E-state index in [0.717, 1.165) is 18.7 Å². The SMILES string of the molecule is COC(=O)[C@H](OC(C)=O)[C@@H](OC(C)=O)c1nc2ccccc2s1. The van der Waals surface area contributed by atoms with Gasteiger partial charge in [-0.2, -0.15) is 0 Å². The summed E-state index contributed by atoms with van der Waals surface area (Å²) in [5.74, 6) is -2.15. The lowest BCUT2D eigenvalue weighted by Crippen LogP contribution is -2.36. The Balaban J connectivity index is 2.46. The van der Waals surface area contributed by atoms with Crippen LogP contribution >= 0.6 is 11.3 Å². The number of fused-ring (bicyclic) bond motifs is 1. The Morgan fingerprint density at radius 2 is 1.74 bits per heavy atom. The van der Waals surface area contributed by atoms with Gasteiger partial charge in [0.2, 0.25) is 12.2 Å². The molecule has 0 aliphatic heterocycles. The molecule has 0 fully saturated rings. The van der Waals surface area contributed by atoms with E-state index in [1.165, 1.54) is 18.3 Å². The molecule has 0 bridgehead atoms. The molecule has 2 aromatic rings. The maximum atomic E-state index is 11.9. The van der Waals surface area contributed by atoms with Crippen LogP contribution in [-0.4, -0.2) is 36.1 Å². The molecule has 0 unspecified atom stereocenters. The minimum absolute atomic E-state index is 0.345. The van der Waals surface area contributed by atoms with E-state index in [4.69, 9.17) is 9.47 Å². The molecule has 0 amide bonds. The van der Waals surface area contributed by atoms with Gasteiger partial charge in [-0.3, -0.25) is 9.59 Å². The number of carbonyl (C=O) groups excluding carboxylic acids is 3. The van der Waals surface area contributed by atoms with Crippen LogP contribution in [-0.2, 0) is 28.6 Å². The first kappa shape index (κ1) is 16.9. The zero-order valence-corrected chi connectivity index (χ0v) is 13.6. The second kappa shape index (κ2) is 7.19. The van der Waals surface area contributed by atoms with Crippen molar-refractivity contribution in [2.24, 2.45) is 0 Å². The zero-order chi connectivity index (χ0) is 17.0. The van der Waals surface area contributed by atoms with Crippen molar-refractivity contribution in [3.05, 3.63) is 29.3 Å². The number of aromatic nitrogens is 1. The number of hydrogen-bond acceptors (Lipinski definition) is 8. The van der Waals surface area contributed by atoms with Gasteiger partial charge >= 0.3 is 17.9 Å². The third-order valence-corrected chi connectivity index (χ3v) is 3.95. The monoisotopic (exact) mass is 337 g/mol. The van der Waals surface area contributed by atoms with E-state index in [9.17, 15) is 14.4 Å². The highest BCUT2D eigenvalue weighted by Gasteiger charge is 2.38. The van der Waals surface area contributed by atoms with Crippen LogP contribution in [0.3, 0.4) is 0 Å². The van der Waals surface area contributed by atoms with E-state index in [-0.39, 0.29) is 0 Å². The number of carbonyl (C=O) groups is 3. The highest BCUT2D eigenvalue weighted by molar-refractivity contribution is 7.18. The average Bonchev–Trinajstić information content (AvgIpc) is 2.93. The van der Waals surface area contributed by atoms with Crippen LogP contribution < -0.4 is 0 Å². The number of methoxy groups -OCH3 is 1. The predicted octanol–water partition coefficient (Wildman–Crippen LogP) is 2.01. The number of hydrogen-bond donors (Lipinski definition) is 0. The molecule has 0 saturated carbocycles. The van der Waals surface area contributed by atoms with Gasteiger partial charge in [-0.25, -0.2) is 9.78 Å². The summed E-state index contributed by atoms with van der Waals surface area (Å²) >= 11 is 1.24. The highest BCUT2D eigenvalue weighted by atomic mass is 32.1. The van der Waals surface area contributed by atoms with Gasteiger partial charge in [0.15, 0.2) is 0 Å². The molecule has 2 atom stereocenters. The van der Waals surface area contributed by atoms with Crippen LogP contribution in [0.2, 0.25) is 0 Å². The predicted molar refractivity (Wildman–Crippen MR) is 81.7 cm³/mol. The fourth-order valence-corrected chi connectivity index (χ4v) is 2.98. The van der Waals surface area contributed by atoms with Gasteiger partial charge < -0.3 is 14.2 Å². The highest BCUT2D eigenvalue weighted by Crippen LogP contribution is 2.32. The Morgan fingerprint density at radius 3 is 2.30 bits per heavy atom. The van der Waals surface area contributed by atoms with Crippen molar-refractivity contribution in [3.8, 4) is 0 Å². The third kappa shape index (κ3) is 4.04. The topological polar surface area (TPSA) is 91.8 Å². The molecule has 0 spiro atoms. The Hall–Kier alpha value is -2.48. The molecule has 1 aromatic heterocycles. The number of para-hydroxylation sites is 1. The lowest BCUT2D eigenvalue weighted by atomic mass is 10.2. The third-order valence-electron chi connectivity index (χ3n) is 2.85. The summed E-state index contributed by atoms with van der Waals surface area (Å²) in [4.78, 5) is 39.0. The molecule has 122 valence electrons. The fraction of sp³-hybridized carbons (Fsp3) is 0.333. The summed E-state index contributed by atoms with van der Waals surface area (Å²) in [6, 6.07) is 7.30. The van der Waals surface area contributed by atoms with Gasteiger partial charge in [0.1, 0.15) is 5.01 Å². The van der Waals surface area contributed by atoms with Gasteiger partial charge in [0.25, 0.3) is 0 Å². The lowest BCUT2D eigenvalue weighted by molar-refractivity contribution is -0.180. The van der Waals surface area contributed by atoms with Crippen LogP contribution in [0.5, 0.6) is 0 Å². The fourth-order valence-electron chi connectivity index (χ4n) is 1.96. The van der Waals surface area contributed by atoms with Gasteiger partial charge in [-0.15, -0.1) is 11.3 Å². The normalized spacial score (nSPS) is 13.2. The molecule has 23 heavy (non-hydrogen) atoms. The van der Waals surface area contributed by atoms with Crippen LogP contribution in [0.1, 0.15) is 25.0 Å². The first-order chi connectivity index (χ1) is 10.9. The number of esters is 3. The maximum absolute atomic E-state index is 11.9. The molecular weight excluding hydrogens is 322 g/mol. The van der Waals surface area contributed by atoms with Crippen LogP contribution in [0.4, 0.5) is 0 Å². The molecule has 1 heterocycles. The average molecular weight is 337 g/mol. The number of thiazole rings is 1. The molecule has 0 N–H and O–H groups in total. The quantitative estimate of drug-likeness (QED) is 0.608. The van der Waals surface area contributed by atoms with Gasteiger partial charge in [-0.05, 0) is 12.1 Å². The van der Waals surface area contributed by atoms with E-state index >= 15 is 0 Å². The van der Waals surface area contributed by atoms with Gasteiger partial charge in [0.05, 0.1) is 17.3 Å². The Morgan fingerprint density at radius 1 is 1.09 bits per heavy atom. The van der Waals surface area contributed by atoms with Crippen molar-refractivity contribution in [1.29, 1.82) is 0 Å². The van der Waals surface area contributed by atoms with Crippen molar-refractivity contribution in [3.63, 3.8) is 0 Å². The smallest absolute Gasteiger partial charge is 0.351 e. The Bertz CT molecular complexity index is 707. The van der Waals surface area contributed by atoms with E-state index < -0.39 is 30.1 Å². The summed E-state index contributed by atoms with van der Waals surface area (Å²) in [5.41, 5.74) is 0.691. The molecule has 8 heteroatoms. The standard InChI is InChI=1S/C15H15NO6S/c1-8(17)21-12(13(15(19)20-3)22-9(2)18)14-16-10-6-4-5-7-11(10)23-14/h4-7,12-13H,1-3H3/t12-,13-/m1/s1. The first-order valence-corrected chi connectivity index (χ1v) is 7.51. The summed E-state index contributed by atoms with van der Waals surface area (Å²) in [6.45, 7) is 2.35. The maximum Gasteiger partial charge on any atom is 0.351 e. The minimum atomic E-state index is -1.41. The van der Waals surface area contributed by atoms with Gasteiger partial charge in [-0.1, -0.05) is 12.1 Å². The second-order valence-electron chi connectivity index (χ2n) is 4.60. The molecule has 1 aromatic carbocycles. The van der Waals surface area contributed by atoms with Gasteiger partial charge in [0, 0.05) is 13.8 Å². The minimum Gasteiger partial charge on any atom is -0.466 e. The molecule has 0 saturated heterocycles. The van der Waals surface area contributed by atoms with Crippen LogP contribution in [0, 0.1) is 0 Å². The van der Waals surface area contributed by atoms with Crippen LogP contribution in [0.25, 0.3) is 10.2 Å². The van der Waals surface area contributed by atoms with Crippen LogP contribution in [0.15, 0.2) is 24.3 Å². The zero-order valence-electron chi connectivity index (χ0n) is 12.8. The molecule has 2 rings (SSSR count). The summed E-state index contributed by atoms with van der Waals surface area (Å²) in [5, 5.41) is 0.345.